The zero-order valence-electron chi connectivity index (χ0n) is 7.03. The molecule has 0 saturated heterocycles. The van der Waals surface area contributed by atoms with E-state index >= 15 is 0 Å². The standard InChI is InChI=1S/C9H12ClN/c1-5-4-8(11)7(3)9(10)6(5)2/h4H,11H2,1-3H3. The van der Waals surface area contributed by atoms with E-state index in [9.17, 15) is 0 Å². The maximum Gasteiger partial charge on any atom is 0.0487 e. The molecular formula is C9H12ClN. The summed E-state index contributed by atoms with van der Waals surface area (Å²) in [4.78, 5) is 0. The number of rotatable bonds is 0. The summed E-state index contributed by atoms with van der Waals surface area (Å²) < 4.78 is 0. The first kappa shape index (κ1) is 8.41. The van der Waals surface area contributed by atoms with Crippen molar-refractivity contribution in [2.75, 3.05) is 5.73 Å². The van der Waals surface area contributed by atoms with Crippen LogP contribution in [0.4, 0.5) is 5.69 Å². The van der Waals surface area contributed by atoms with E-state index in [2.05, 4.69) is 0 Å². The molecule has 0 aliphatic carbocycles. The molecule has 0 saturated carbocycles. The normalized spacial score (nSPS) is 10.2. The molecule has 0 fully saturated rings. The molecule has 0 aromatic heterocycles. The lowest BCUT2D eigenvalue weighted by molar-refractivity contribution is 1.30. The van der Waals surface area contributed by atoms with Gasteiger partial charge in [-0.05, 0) is 43.5 Å². The minimum absolute atomic E-state index is 0.776. The second-order valence-electron chi connectivity index (χ2n) is 2.85. The smallest absolute Gasteiger partial charge is 0.0487 e. The fourth-order valence-electron chi connectivity index (χ4n) is 1.03. The second-order valence-corrected chi connectivity index (χ2v) is 3.22. The molecule has 0 aliphatic heterocycles. The van der Waals surface area contributed by atoms with Crippen LogP contribution in [-0.2, 0) is 0 Å². The molecule has 11 heavy (non-hydrogen) atoms. The van der Waals surface area contributed by atoms with Crippen LogP contribution in [0.15, 0.2) is 6.07 Å². The number of nitrogens with two attached hydrogens (primary N) is 1. The van der Waals surface area contributed by atoms with E-state index in [4.69, 9.17) is 17.3 Å². The SMILES string of the molecule is Cc1cc(N)c(C)c(Cl)c1C. The van der Waals surface area contributed by atoms with E-state index in [1.165, 1.54) is 0 Å². The van der Waals surface area contributed by atoms with E-state index in [1.54, 1.807) is 0 Å². The summed E-state index contributed by atoms with van der Waals surface area (Å²) in [5, 5.41) is 0.794. The summed E-state index contributed by atoms with van der Waals surface area (Å²) >= 11 is 6.01. The summed E-state index contributed by atoms with van der Waals surface area (Å²) in [6.07, 6.45) is 0. The highest BCUT2D eigenvalue weighted by atomic mass is 35.5. The van der Waals surface area contributed by atoms with Crippen molar-refractivity contribution in [3.8, 4) is 0 Å². The summed E-state index contributed by atoms with van der Waals surface area (Å²) in [5.74, 6) is 0. The number of hydrogen-bond acceptors (Lipinski definition) is 1. The Morgan fingerprint density at radius 2 is 1.73 bits per heavy atom. The van der Waals surface area contributed by atoms with Gasteiger partial charge in [0, 0.05) is 10.7 Å². The number of anilines is 1. The zero-order valence-corrected chi connectivity index (χ0v) is 7.79. The molecule has 1 aromatic rings. The van der Waals surface area contributed by atoms with Gasteiger partial charge < -0.3 is 5.73 Å². The average Bonchev–Trinajstić information content (AvgIpc) is 1.97. The molecule has 0 bridgehead atoms. The zero-order chi connectivity index (χ0) is 8.59. The van der Waals surface area contributed by atoms with Crippen molar-refractivity contribution in [3.63, 3.8) is 0 Å². The van der Waals surface area contributed by atoms with Crippen molar-refractivity contribution in [1.82, 2.24) is 0 Å². The first-order valence-corrected chi connectivity index (χ1v) is 3.93. The van der Waals surface area contributed by atoms with E-state index in [1.807, 2.05) is 26.8 Å². The first-order valence-electron chi connectivity index (χ1n) is 3.56. The minimum atomic E-state index is 0.776. The van der Waals surface area contributed by atoms with Gasteiger partial charge in [0.1, 0.15) is 0 Å². The molecule has 1 rings (SSSR count). The molecule has 0 atom stereocenters. The van der Waals surface area contributed by atoms with Gasteiger partial charge in [0.15, 0.2) is 0 Å². The predicted molar refractivity (Wildman–Crippen MR) is 50.1 cm³/mol. The number of hydrogen-bond donors (Lipinski definition) is 1. The van der Waals surface area contributed by atoms with Gasteiger partial charge >= 0.3 is 0 Å². The van der Waals surface area contributed by atoms with E-state index in [-0.39, 0.29) is 0 Å². The Labute approximate surface area is 72.2 Å². The lowest BCUT2D eigenvalue weighted by atomic mass is 10.1. The highest BCUT2D eigenvalue weighted by Crippen LogP contribution is 2.27. The fraction of sp³-hybridized carbons (Fsp3) is 0.333. The van der Waals surface area contributed by atoms with Crippen molar-refractivity contribution in [2.24, 2.45) is 0 Å². The number of halogens is 1. The van der Waals surface area contributed by atoms with Crippen molar-refractivity contribution in [3.05, 3.63) is 27.8 Å². The summed E-state index contributed by atoms with van der Waals surface area (Å²) in [5.41, 5.74) is 9.74. The monoisotopic (exact) mass is 169 g/mol. The third-order valence-electron chi connectivity index (χ3n) is 2.06. The van der Waals surface area contributed by atoms with Gasteiger partial charge in [-0.3, -0.25) is 0 Å². The third-order valence-corrected chi connectivity index (χ3v) is 2.62. The van der Waals surface area contributed by atoms with E-state index in [0.717, 1.165) is 27.4 Å². The first-order chi connectivity index (χ1) is 5.04. The summed E-state index contributed by atoms with van der Waals surface area (Å²) in [6.45, 7) is 5.95. The van der Waals surface area contributed by atoms with Gasteiger partial charge in [-0.15, -0.1) is 0 Å². The number of benzene rings is 1. The maximum absolute atomic E-state index is 6.01. The lowest BCUT2D eigenvalue weighted by Crippen LogP contribution is -1.94. The number of aryl methyl sites for hydroxylation is 1. The molecule has 1 aromatic carbocycles. The van der Waals surface area contributed by atoms with Crippen LogP contribution in [0.2, 0.25) is 5.02 Å². The molecule has 1 nitrogen and oxygen atoms in total. The Morgan fingerprint density at radius 1 is 1.18 bits per heavy atom. The minimum Gasteiger partial charge on any atom is -0.398 e. The highest BCUT2D eigenvalue weighted by molar-refractivity contribution is 6.32. The molecule has 2 heteroatoms. The van der Waals surface area contributed by atoms with Crippen LogP contribution >= 0.6 is 11.6 Å². The van der Waals surface area contributed by atoms with Crippen molar-refractivity contribution < 1.29 is 0 Å². The van der Waals surface area contributed by atoms with Gasteiger partial charge in [-0.2, -0.15) is 0 Å². The van der Waals surface area contributed by atoms with Gasteiger partial charge in [-0.25, -0.2) is 0 Å². The topological polar surface area (TPSA) is 26.0 Å². The molecular weight excluding hydrogens is 158 g/mol. The second kappa shape index (κ2) is 2.74. The highest BCUT2D eigenvalue weighted by Gasteiger charge is 2.05. The molecule has 0 heterocycles. The lowest BCUT2D eigenvalue weighted by Gasteiger charge is -2.08. The van der Waals surface area contributed by atoms with Crippen LogP contribution in [0.25, 0.3) is 0 Å². The van der Waals surface area contributed by atoms with Crippen molar-refractivity contribution in [1.29, 1.82) is 0 Å². The Kier molecular flexibility index (Phi) is 2.10. The Bertz CT molecular complexity index is 266. The average molecular weight is 170 g/mol. The summed E-state index contributed by atoms with van der Waals surface area (Å²) in [6, 6.07) is 1.95. The van der Waals surface area contributed by atoms with Gasteiger partial charge in [0.2, 0.25) is 0 Å². The molecule has 0 spiro atoms. The van der Waals surface area contributed by atoms with Crippen LogP contribution < -0.4 is 5.73 Å². The predicted octanol–water partition coefficient (Wildman–Crippen LogP) is 2.85. The molecule has 2 N–H and O–H groups in total. The Hall–Kier alpha value is -0.690. The third kappa shape index (κ3) is 1.33. The Morgan fingerprint density at radius 3 is 2.27 bits per heavy atom. The summed E-state index contributed by atoms with van der Waals surface area (Å²) in [7, 11) is 0. The molecule has 0 radical (unpaired) electrons. The van der Waals surface area contributed by atoms with Gasteiger partial charge in [-0.1, -0.05) is 11.6 Å². The molecule has 60 valence electrons. The van der Waals surface area contributed by atoms with Crippen LogP contribution in [0.3, 0.4) is 0 Å². The van der Waals surface area contributed by atoms with E-state index in [0.29, 0.717) is 0 Å². The van der Waals surface area contributed by atoms with Crippen LogP contribution in [-0.4, -0.2) is 0 Å². The largest absolute Gasteiger partial charge is 0.398 e. The van der Waals surface area contributed by atoms with Gasteiger partial charge in [0.05, 0.1) is 0 Å². The van der Waals surface area contributed by atoms with Crippen LogP contribution in [0.1, 0.15) is 16.7 Å². The number of nitrogen functional groups attached to an aromatic ring is 1. The van der Waals surface area contributed by atoms with Crippen molar-refractivity contribution in [2.45, 2.75) is 20.8 Å². The van der Waals surface area contributed by atoms with Gasteiger partial charge in [0.25, 0.3) is 0 Å². The van der Waals surface area contributed by atoms with Crippen LogP contribution in [0, 0.1) is 20.8 Å². The molecule has 0 amide bonds. The molecule has 0 aliphatic rings. The fourth-order valence-corrected chi connectivity index (χ4v) is 1.29. The molecule has 0 unspecified atom stereocenters. The van der Waals surface area contributed by atoms with E-state index < -0.39 is 0 Å². The maximum atomic E-state index is 6.01. The van der Waals surface area contributed by atoms with Crippen LogP contribution in [0.5, 0.6) is 0 Å². The Balaban J connectivity index is 3.46. The van der Waals surface area contributed by atoms with Crippen molar-refractivity contribution >= 4 is 17.3 Å². The quantitative estimate of drug-likeness (QED) is 0.594.